The molecule has 1 aromatic heterocycles. The van der Waals surface area contributed by atoms with Crippen LogP contribution in [0.2, 0.25) is 0 Å². The summed E-state index contributed by atoms with van der Waals surface area (Å²) in [7, 11) is -1.59. The number of hydrogen-bond donors (Lipinski definition) is 1. The van der Waals surface area contributed by atoms with Gasteiger partial charge in [-0.2, -0.15) is 0 Å². The van der Waals surface area contributed by atoms with Crippen LogP contribution in [0.3, 0.4) is 0 Å². The van der Waals surface area contributed by atoms with Gasteiger partial charge in [-0.05, 0) is 53.1 Å². The minimum atomic E-state index is -1.59. The third-order valence-corrected chi connectivity index (χ3v) is 6.86. The lowest BCUT2D eigenvalue weighted by Gasteiger charge is -2.24. The standard InChI is InChI=1S/C16H20FN3S/c1-4-13-5-6-15-16(8-13)21(15,3)20(17)19-11-14-7-12(2)9-18-10-14/h5-10,19H,4,11H2,1-3H3. The van der Waals surface area contributed by atoms with Crippen LogP contribution in [0.15, 0.2) is 46.5 Å². The number of rotatable bonds is 5. The van der Waals surface area contributed by atoms with E-state index in [0.29, 0.717) is 6.54 Å². The Morgan fingerprint density at radius 2 is 2.00 bits per heavy atom. The van der Waals surface area contributed by atoms with E-state index in [1.807, 2.05) is 19.2 Å². The molecule has 0 amide bonds. The topological polar surface area (TPSA) is 28.2 Å². The number of nitrogens with zero attached hydrogens (tertiary/aromatic N) is 2. The van der Waals surface area contributed by atoms with E-state index < -0.39 is 10.2 Å². The van der Waals surface area contributed by atoms with Gasteiger partial charge in [-0.15, -0.1) is 4.48 Å². The van der Waals surface area contributed by atoms with Crippen LogP contribution in [-0.4, -0.2) is 15.9 Å². The fourth-order valence-corrected chi connectivity index (χ4v) is 5.03. The Hall–Kier alpha value is -1.43. The third-order valence-electron chi connectivity index (χ3n) is 3.89. The monoisotopic (exact) mass is 305 g/mol. The molecule has 112 valence electrons. The molecule has 2 aromatic rings. The third kappa shape index (κ3) is 2.57. The zero-order valence-corrected chi connectivity index (χ0v) is 13.4. The highest BCUT2D eigenvalue weighted by molar-refractivity contribution is 8.35. The number of hydrogen-bond acceptors (Lipinski definition) is 3. The molecule has 21 heavy (non-hydrogen) atoms. The minimum Gasteiger partial charge on any atom is -0.264 e. The van der Waals surface area contributed by atoms with E-state index in [1.165, 1.54) is 5.56 Å². The number of benzene rings is 1. The largest absolute Gasteiger partial charge is 0.264 e. The molecule has 3 nitrogen and oxygen atoms in total. The van der Waals surface area contributed by atoms with Gasteiger partial charge in [0.15, 0.2) is 0 Å². The molecular weight excluding hydrogens is 285 g/mol. The first-order valence-electron chi connectivity index (χ1n) is 7.07. The van der Waals surface area contributed by atoms with Gasteiger partial charge in [0.25, 0.3) is 0 Å². The van der Waals surface area contributed by atoms with Gasteiger partial charge in [0.1, 0.15) is 0 Å². The van der Waals surface area contributed by atoms with E-state index >= 15 is 0 Å². The Balaban J connectivity index is 1.68. The molecule has 1 N–H and O–H groups in total. The summed E-state index contributed by atoms with van der Waals surface area (Å²) in [5, 5.41) is 0. The summed E-state index contributed by atoms with van der Waals surface area (Å²) >= 11 is 0. The lowest BCUT2D eigenvalue weighted by Crippen LogP contribution is -2.28. The lowest BCUT2D eigenvalue weighted by molar-refractivity contribution is 0.0854. The first kappa shape index (κ1) is 14.5. The fraction of sp³-hybridized carbons (Fsp3) is 0.312. The highest BCUT2D eigenvalue weighted by atomic mass is 32.3. The van der Waals surface area contributed by atoms with Gasteiger partial charge in [0.05, 0.1) is 0 Å². The van der Waals surface area contributed by atoms with Crippen LogP contribution in [0, 0.1) is 6.92 Å². The van der Waals surface area contributed by atoms with Crippen molar-refractivity contribution in [3.63, 3.8) is 0 Å². The van der Waals surface area contributed by atoms with Crippen molar-refractivity contribution in [3.05, 3.63) is 53.3 Å². The summed E-state index contributed by atoms with van der Waals surface area (Å²) in [6, 6.07) is 8.30. The number of nitrogens with one attached hydrogen (secondary N) is 1. The quantitative estimate of drug-likeness (QED) is 0.515. The number of hydrazine groups is 1. The summed E-state index contributed by atoms with van der Waals surface area (Å²) in [5.41, 5.74) is 6.21. The number of aromatic nitrogens is 1. The summed E-state index contributed by atoms with van der Waals surface area (Å²) in [5.74, 6) is 0. The predicted molar refractivity (Wildman–Crippen MR) is 84.6 cm³/mol. The molecule has 0 fully saturated rings. The Labute approximate surface area is 126 Å². The van der Waals surface area contributed by atoms with E-state index in [4.69, 9.17) is 0 Å². The second-order valence-corrected chi connectivity index (χ2v) is 8.41. The number of fused-ring (bicyclic) bond motifs is 1. The van der Waals surface area contributed by atoms with E-state index in [2.05, 4.69) is 35.5 Å². The van der Waals surface area contributed by atoms with Gasteiger partial charge >= 0.3 is 0 Å². The second kappa shape index (κ2) is 5.40. The van der Waals surface area contributed by atoms with Gasteiger partial charge in [-0.1, -0.05) is 29.3 Å². The summed E-state index contributed by atoms with van der Waals surface area (Å²) in [6.45, 7) is 4.55. The molecule has 3 rings (SSSR count). The van der Waals surface area contributed by atoms with Gasteiger partial charge < -0.3 is 0 Å². The molecule has 0 bridgehead atoms. The van der Waals surface area contributed by atoms with Gasteiger partial charge in [0.2, 0.25) is 0 Å². The maximum absolute atomic E-state index is 14.5. The highest BCUT2D eigenvalue weighted by Crippen LogP contribution is 2.78. The van der Waals surface area contributed by atoms with Crippen LogP contribution in [0.1, 0.15) is 23.6 Å². The molecule has 1 atom stereocenters. The van der Waals surface area contributed by atoms with E-state index in [0.717, 1.165) is 32.0 Å². The molecule has 1 unspecified atom stereocenters. The summed E-state index contributed by atoms with van der Waals surface area (Å²) < 4.78 is 15.3. The lowest BCUT2D eigenvalue weighted by atomic mass is 10.2. The Kier molecular flexibility index (Phi) is 3.73. The maximum Gasteiger partial charge on any atom is 0.0402 e. The van der Waals surface area contributed by atoms with Crippen molar-refractivity contribution in [2.24, 2.45) is 0 Å². The van der Waals surface area contributed by atoms with Crippen LogP contribution in [0.25, 0.3) is 0 Å². The molecule has 1 aliphatic heterocycles. The molecule has 1 aliphatic rings. The van der Waals surface area contributed by atoms with Crippen LogP contribution in [-0.2, 0) is 13.0 Å². The summed E-state index contributed by atoms with van der Waals surface area (Å²) in [4.78, 5) is 6.42. The molecule has 5 heteroatoms. The molecular formula is C16H20FN3S. The maximum atomic E-state index is 14.5. The minimum absolute atomic E-state index is 0.447. The van der Waals surface area contributed by atoms with E-state index in [1.54, 1.807) is 12.4 Å². The first-order valence-corrected chi connectivity index (χ1v) is 9.07. The molecule has 1 aromatic carbocycles. The second-order valence-electron chi connectivity index (χ2n) is 5.46. The highest BCUT2D eigenvalue weighted by Gasteiger charge is 2.47. The molecule has 0 radical (unpaired) electrons. The van der Waals surface area contributed by atoms with Crippen molar-refractivity contribution in [1.82, 2.24) is 15.0 Å². The average Bonchev–Trinajstić information content (AvgIpc) is 3.11. The van der Waals surface area contributed by atoms with Crippen molar-refractivity contribution < 1.29 is 4.48 Å². The summed E-state index contributed by atoms with van der Waals surface area (Å²) in [6.07, 6.45) is 6.53. The van der Waals surface area contributed by atoms with Crippen molar-refractivity contribution in [3.8, 4) is 0 Å². The normalized spacial score (nSPS) is 22.7. The van der Waals surface area contributed by atoms with E-state index in [-0.39, 0.29) is 0 Å². The van der Waals surface area contributed by atoms with Gasteiger partial charge in [-0.25, -0.2) is 5.43 Å². The Bertz CT molecular complexity index is 676. The van der Waals surface area contributed by atoms with Crippen molar-refractivity contribution >= 4 is 10.2 Å². The van der Waals surface area contributed by atoms with Crippen LogP contribution >= 0.6 is 10.2 Å². The molecule has 0 aliphatic carbocycles. The SMILES string of the molecule is CCc1ccc2c(c1)S2(C)N(F)NCc1cncc(C)c1. The van der Waals surface area contributed by atoms with Crippen molar-refractivity contribution in [2.45, 2.75) is 36.6 Å². The molecule has 0 spiro atoms. The Morgan fingerprint density at radius 3 is 2.71 bits per heavy atom. The van der Waals surface area contributed by atoms with E-state index in [9.17, 15) is 4.48 Å². The first-order chi connectivity index (χ1) is 10.1. The van der Waals surface area contributed by atoms with Crippen LogP contribution < -0.4 is 5.43 Å². The zero-order chi connectivity index (χ0) is 15.0. The molecule has 0 saturated heterocycles. The molecule has 2 heterocycles. The number of aryl methyl sites for hydroxylation is 2. The van der Waals surface area contributed by atoms with Crippen LogP contribution in [0.4, 0.5) is 4.48 Å². The zero-order valence-electron chi connectivity index (χ0n) is 12.6. The van der Waals surface area contributed by atoms with Crippen molar-refractivity contribution in [1.29, 1.82) is 0 Å². The van der Waals surface area contributed by atoms with Crippen molar-refractivity contribution in [2.75, 3.05) is 6.26 Å². The number of halogens is 1. The predicted octanol–water partition coefficient (Wildman–Crippen LogP) is 3.92. The molecule has 0 saturated carbocycles. The average molecular weight is 305 g/mol. The smallest absolute Gasteiger partial charge is 0.0402 e. The Morgan fingerprint density at radius 1 is 1.19 bits per heavy atom. The number of pyridine rings is 1. The van der Waals surface area contributed by atoms with Crippen LogP contribution in [0.5, 0.6) is 0 Å². The van der Waals surface area contributed by atoms with Gasteiger partial charge in [-0.3, -0.25) is 4.98 Å². The fourth-order valence-electron chi connectivity index (χ4n) is 2.51. The van der Waals surface area contributed by atoms with Gasteiger partial charge in [0, 0.05) is 28.7 Å².